The van der Waals surface area contributed by atoms with Crippen molar-refractivity contribution in [2.75, 3.05) is 103 Å². The molecule has 4 fully saturated rings. The predicted octanol–water partition coefficient (Wildman–Crippen LogP) is 3.39. The summed E-state index contributed by atoms with van der Waals surface area (Å²) in [6, 6.07) is 0. The van der Waals surface area contributed by atoms with Crippen LogP contribution < -0.4 is 32.1 Å². The van der Waals surface area contributed by atoms with Gasteiger partial charge in [0.05, 0.1) is 50.3 Å². The molecule has 38 heteroatoms. The number of nitrogens with two attached hydrogens (primary N) is 2. The van der Waals surface area contributed by atoms with Crippen LogP contribution in [0, 0.1) is 20.8 Å². The second-order valence-corrected chi connectivity index (χ2v) is 47.7. The maximum absolute atomic E-state index is 12.2. The van der Waals surface area contributed by atoms with Gasteiger partial charge in [0.25, 0.3) is 11.1 Å². The van der Waals surface area contributed by atoms with Gasteiger partial charge in [-0.1, -0.05) is 27.2 Å². The molecule has 8 aromatic rings. The monoisotopic (exact) mass is 1560 g/mol. The third-order valence-electron chi connectivity index (χ3n) is 18.4. The molecule has 588 valence electrons. The molecule has 0 aliphatic carbocycles. The number of H-pyrrole nitrogens is 2. The molecule has 8 aromatic heterocycles. The fourth-order valence-corrected chi connectivity index (χ4v) is 16.5. The van der Waals surface area contributed by atoms with Crippen molar-refractivity contribution >= 4 is 109 Å². The maximum atomic E-state index is 12.2. The van der Waals surface area contributed by atoms with Gasteiger partial charge in [-0.05, 0) is 137 Å². The van der Waals surface area contributed by atoms with Crippen LogP contribution in [-0.4, -0.2) is 309 Å². The Morgan fingerprint density at radius 2 is 0.802 bits per heavy atom. The number of rotatable bonds is 24. The molecule has 4 saturated heterocycles. The number of aliphatic hydroxyl groups excluding tert-OH is 8. The van der Waals surface area contributed by atoms with Gasteiger partial charge >= 0.3 is 0 Å². The lowest BCUT2D eigenvalue weighted by Crippen LogP contribution is -2.32. The highest BCUT2D eigenvalue weighted by Crippen LogP contribution is 2.45. The number of aromatic nitrogens is 16. The van der Waals surface area contributed by atoms with Crippen LogP contribution in [0.3, 0.4) is 0 Å². The van der Waals surface area contributed by atoms with Crippen LogP contribution >= 0.6 is 27.5 Å². The van der Waals surface area contributed by atoms with E-state index in [1.165, 1.54) is 12.7 Å². The van der Waals surface area contributed by atoms with Crippen LogP contribution in [0.4, 0.5) is 11.9 Å². The van der Waals surface area contributed by atoms with Crippen molar-refractivity contribution in [3.05, 3.63) is 56.7 Å². The van der Waals surface area contributed by atoms with Crippen molar-refractivity contribution in [1.82, 2.24) is 78.1 Å². The van der Waals surface area contributed by atoms with E-state index in [-0.39, 0.29) is 34.0 Å². The number of nitrogens with one attached hydrogen (secondary N) is 2. The van der Waals surface area contributed by atoms with E-state index in [0.29, 0.717) is 114 Å². The lowest BCUT2D eigenvalue weighted by atomic mass is 10.1. The number of ether oxygens (including phenoxy) is 6. The lowest BCUT2D eigenvalue weighted by molar-refractivity contribution is -0.0367. The number of aliphatic hydroxyl groups is 8. The molecule has 0 saturated carbocycles. The zero-order chi connectivity index (χ0) is 78.0. The van der Waals surface area contributed by atoms with Crippen molar-refractivity contribution in [1.29, 1.82) is 0 Å². The maximum Gasteiger partial charge on any atom is 0.279 e. The van der Waals surface area contributed by atoms with Gasteiger partial charge in [-0.2, -0.15) is 19.9 Å². The van der Waals surface area contributed by atoms with Gasteiger partial charge in [-0.15, -0.1) is 52.7 Å². The minimum absolute atomic E-state index is 0.0449. The van der Waals surface area contributed by atoms with Gasteiger partial charge in [0.2, 0.25) is 23.7 Å². The van der Waals surface area contributed by atoms with Gasteiger partial charge < -0.3 is 90.7 Å². The summed E-state index contributed by atoms with van der Waals surface area (Å²) in [4.78, 5) is 72.2. The molecule has 0 aromatic carbocycles. The van der Waals surface area contributed by atoms with E-state index in [0.717, 1.165) is 43.9 Å². The SMILES string of the molecule is C=P(C)(C)CC[C@H]1O[C@@H](n2c(C)nc3c(=O)[nH]c(C)nc32)[C@H](O)[C@@H]1O.C=P(C)(C)CC[C@H]1O[C@@H](n2c(CC)nc3c(=O)[nH]c(C)nc32)[C@H](O)[C@@H]1O.C=P(C)(C)CC[C@H]1O[C@@H](n2cnc3c(OCCC)nc(N)nc32)[C@H](O)[C@@H]1O.C=P(C)(C)CC[C@H]1O[C@@H](n2cnc3c(OCCCC)nc(N)nc32)[C@H](O)[C@@H]1O. The van der Waals surface area contributed by atoms with Crippen molar-refractivity contribution in [3.8, 4) is 11.8 Å². The first kappa shape index (κ1) is 83.8. The second-order valence-electron chi connectivity index (χ2n) is 30.4. The average molecular weight is 1560 g/mol. The Balaban J connectivity index is 0.000000164. The van der Waals surface area contributed by atoms with E-state index in [9.17, 15) is 50.4 Å². The summed E-state index contributed by atoms with van der Waals surface area (Å²) in [5, 5.41) is 83.9. The topological polar surface area (TPSA) is 484 Å². The van der Waals surface area contributed by atoms with Gasteiger partial charge in [-0.25, -0.2) is 29.9 Å². The zero-order valence-corrected chi connectivity index (χ0v) is 66.7. The molecule has 4 aliphatic heterocycles. The van der Waals surface area contributed by atoms with E-state index >= 15 is 0 Å². The van der Waals surface area contributed by atoms with Crippen LogP contribution in [0.15, 0.2) is 22.2 Å². The number of hydrogen-bond donors (Lipinski definition) is 12. The van der Waals surface area contributed by atoms with Gasteiger partial charge in [-0.3, -0.25) is 27.9 Å². The highest BCUT2D eigenvalue weighted by atomic mass is 31.2. The number of unbranched alkanes of at least 4 members (excludes halogenated alkanes) is 1. The third kappa shape index (κ3) is 19.8. The molecule has 0 radical (unpaired) electrons. The van der Waals surface area contributed by atoms with Crippen molar-refractivity contribution in [3.63, 3.8) is 0 Å². The molecular formula is C68H110N18O16P4. The third-order valence-corrected chi connectivity index (χ3v) is 24.3. The Bertz CT molecular complexity index is 4690. The van der Waals surface area contributed by atoms with Crippen molar-refractivity contribution in [2.24, 2.45) is 0 Å². The number of nitrogen functional groups attached to an aromatic ring is 2. The molecule has 16 atom stereocenters. The van der Waals surface area contributed by atoms with Crippen LogP contribution in [0.25, 0.3) is 44.7 Å². The number of aromatic amines is 2. The number of nitrogens with zero attached hydrogens (tertiary/aromatic N) is 14. The molecule has 12 rings (SSSR count). The largest absolute Gasteiger partial charge is 0.476 e. The summed E-state index contributed by atoms with van der Waals surface area (Å²) in [7, 11) is 0. The van der Waals surface area contributed by atoms with E-state index < -0.39 is 126 Å². The summed E-state index contributed by atoms with van der Waals surface area (Å²) in [6.07, 6.45) is 15.3. The molecule has 12 heterocycles. The molecule has 0 unspecified atom stereocenters. The van der Waals surface area contributed by atoms with Crippen LogP contribution in [-0.2, 0) is 25.4 Å². The Morgan fingerprint density at radius 3 is 1.17 bits per heavy atom. The first-order chi connectivity index (χ1) is 49.6. The molecule has 14 N–H and O–H groups in total. The van der Waals surface area contributed by atoms with Gasteiger partial charge in [0.15, 0.2) is 69.6 Å². The Hall–Kier alpha value is -6.28. The first-order valence-electron chi connectivity index (χ1n) is 35.6. The smallest absolute Gasteiger partial charge is 0.279 e. The minimum Gasteiger partial charge on any atom is -0.476 e. The normalized spacial score (nSPS) is 26.3. The fourth-order valence-electron chi connectivity index (χ4n) is 12.7. The standard InChI is InChI=1S/C18H30N5O4P.C17H28N5O4P.C17H27N4O4P.C16H25N4O4P/c1-5-6-8-26-16-12-15(21-18(19)22-16)23(10-20-12)17-14(25)13(24)11(27-17)7-9-28(2,3)4;1-5-7-25-15-11-14(20-17(18)21-15)22(9-19-11)16-13(24)12(23)10(26-16)6-8-27(2,3)4;1-6-11-20-12-15(18-9(2)19-16(12)24)21(11)17-14(23)13(22)10(25-17)7-8-26(3,4)5;1-8-17-14-11(15(23)18-8)19-9(2)20(14)16-13(22)12(21)10(24-16)6-7-25(3,4)5/h10-11,13-14,17,24-25H,2,5-9H2,1,3-4H3,(H2,19,21,22);9-10,12-13,16,23-24H,2,5-8H2,1,3-4H3,(H2,18,20,21);10,13-14,17,22-23H,3,6-8H2,1-2,4-5H3,(H,18,19,24);10,12-13,16,21-22H,3,6-7H2,1-2,4-5H3,(H,17,18,23)/t11-,13-,14-,17-;10-,12-,13-,16-;10-,13-,14-,17-;10-,12-,13-,16-/m1111/s1. The molecule has 0 spiro atoms. The minimum atomic E-state index is -1.26. The number of imidazole rings is 4. The van der Waals surface area contributed by atoms with Crippen LogP contribution in [0.1, 0.15) is 114 Å². The van der Waals surface area contributed by atoms with Gasteiger partial charge in [0.1, 0.15) is 72.1 Å². The summed E-state index contributed by atoms with van der Waals surface area (Å²) in [6.45, 7) is 24.0. The van der Waals surface area contributed by atoms with E-state index in [1.54, 1.807) is 39.0 Å². The highest BCUT2D eigenvalue weighted by Gasteiger charge is 2.48. The molecule has 0 bridgehead atoms. The molecule has 4 aliphatic rings. The Labute approximate surface area is 616 Å². The van der Waals surface area contributed by atoms with Crippen molar-refractivity contribution < 1.29 is 69.3 Å². The highest BCUT2D eigenvalue weighted by molar-refractivity contribution is 7.73. The van der Waals surface area contributed by atoms with Crippen molar-refractivity contribution in [2.45, 2.75) is 191 Å². The number of aryl methyl sites for hydroxylation is 4. The number of anilines is 2. The Kier molecular flexibility index (Phi) is 27.1. The fraction of sp³-hybridized carbons (Fsp3) is 0.647. The second kappa shape index (κ2) is 34.3. The summed E-state index contributed by atoms with van der Waals surface area (Å²) in [5.74, 6) is 2.70. The van der Waals surface area contributed by atoms with E-state index in [4.69, 9.17) is 39.9 Å². The Morgan fingerprint density at radius 1 is 0.453 bits per heavy atom. The molecule has 106 heavy (non-hydrogen) atoms. The molecular weight excluding hydrogens is 1450 g/mol. The predicted molar refractivity (Wildman–Crippen MR) is 421 cm³/mol. The molecule has 0 amide bonds. The summed E-state index contributed by atoms with van der Waals surface area (Å²) < 4.78 is 41.6. The zero-order valence-electron chi connectivity index (χ0n) is 63.2. The first-order valence-corrected chi connectivity index (χ1v) is 47.8. The summed E-state index contributed by atoms with van der Waals surface area (Å²) in [5.41, 5.74) is 13.8. The molecule has 34 nitrogen and oxygen atoms in total. The quantitative estimate of drug-likeness (QED) is 0.0305. The van der Waals surface area contributed by atoms with Gasteiger partial charge in [0, 0.05) is 6.42 Å². The van der Waals surface area contributed by atoms with Crippen LogP contribution in [0.2, 0.25) is 0 Å². The van der Waals surface area contributed by atoms with E-state index in [2.05, 4.69) is 145 Å². The van der Waals surface area contributed by atoms with Crippen LogP contribution in [0.5, 0.6) is 11.8 Å². The number of hydrogen-bond acceptors (Lipinski definition) is 28. The van der Waals surface area contributed by atoms with E-state index in [1.807, 2.05) is 13.8 Å². The average Bonchev–Trinajstić information content (AvgIpc) is 1.61. The number of fused-ring (bicyclic) bond motifs is 4. The summed E-state index contributed by atoms with van der Waals surface area (Å²) >= 11 is 0. The lowest BCUT2D eigenvalue weighted by Gasteiger charge is -2.19.